The third kappa shape index (κ3) is 2.30. The van der Waals surface area contributed by atoms with Gasteiger partial charge in [-0.15, -0.1) is 0 Å². The van der Waals surface area contributed by atoms with Crippen LogP contribution in [0.5, 0.6) is 0 Å². The highest BCUT2D eigenvalue weighted by Crippen LogP contribution is 2.17. The summed E-state index contributed by atoms with van der Waals surface area (Å²) >= 11 is 0. The van der Waals surface area contributed by atoms with Gasteiger partial charge in [-0.25, -0.2) is 4.98 Å². The van der Waals surface area contributed by atoms with Crippen molar-refractivity contribution in [3.63, 3.8) is 0 Å². The van der Waals surface area contributed by atoms with E-state index >= 15 is 0 Å². The minimum Gasteiger partial charge on any atom is -0.391 e. The molecule has 0 aliphatic carbocycles. The van der Waals surface area contributed by atoms with Gasteiger partial charge in [0, 0.05) is 13.1 Å². The molecule has 1 aliphatic rings. The molecule has 86 valence electrons. The van der Waals surface area contributed by atoms with E-state index in [1.807, 2.05) is 17.0 Å². The van der Waals surface area contributed by atoms with Crippen molar-refractivity contribution < 1.29 is 5.11 Å². The molecule has 0 aromatic carbocycles. The van der Waals surface area contributed by atoms with Gasteiger partial charge in [-0.05, 0) is 25.0 Å². The molecular formula is C11H16N4O. The Morgan fingerprint density at radius 3 is 3.06 bits per heavy atom. The number of aliphatic hydroxyl groups excluding tert-OH is 1. The fraction of sp³-hybridized carbons (Fsp3) is 0.455. The maximum Gasteiger partial charge on any atom is 0.141 e. The lowest BCUT2D eigenvalue weighted by Crippen LogP contribution is -2.38. The third-order valence-corrected chi connectivity index (χ3v) is 2.73. The Morgan fingerprint density at radius 2 is 2.38 bits per heavy atom. The number of piperidine rings is 1. The maximum absolute atomic E-state index is 9.58. The number of aromatic nitrogens is 1. The first kappa shape index (κ1) is 10.9. The van der Waals surface area contributed by atoms with Gasteiger partial charge in [-0.1, -0.05) is 6.07 Å². The molecule has 4 N–H and O–H groups in total. The van der Waals surface area contributed by atoms with Gasteiger partial charge in [0.1, 0.15) is 17.3 Å². The Bertz CT molecular complexity index is 393. The number of pyridine rings is 1. The average Bonchev–Trinajstić information content (AvgIpc) is 2.29. The summed E-state index contributed by atoms with van der Waals surface area (Å²) in [5.74, 6) is 0.755. The molecule has 1 saturated heterocycles. The fourth-order valence-electron chi connectivity index (χ4n) is 1.91. The lowest BCUT2D eigenvalue weighted by atomic mass is 10.1. The van der Waals surface area contributed by atoms with Crippen LogP contribution in [0.2, 0.25) is 0 Å². The fourth-order valence-corrected chi connectivity index (χ4v) is 1.91. The van der Waals surface area contributed by atoms with Crippen LogP contribution in [0.1, 0.15) is 18.5 Å². The number of hydrogen-bond acceptors (Lipinski definition) is 4. The van der Waals surface area contributed by atoms with Crippen LogP contribution in [0.3, 0.4) is 0 Å². The van der Waals surface area contributed by atoms with Crippen LogP contribution in [-0.4, -0.2) is 35.1 Å². The first-order valence-electron chi connectivity index (χ1n) is 5.41. The maximum atomic E-state index is 9.58. The van der Waals surface area contributed by atoms with Crippen molar-refractivity contribution in [2.24, 2.45) is 5.73 Å². The highest BCUT2D eigenvalue weighted by Gasteiger charge is 2.18. The predicted molar refractivity (Wildman–Crippen MR) is 62.7 cm³/mol. The van der Waals surface area contributed by atoms with Gasteiger partial charge >= 0.3 is 0 Å². The largest absolute Gasteiger partial charge is 0.391 e. The first-order valence-corrected chi connectivity index (χ1v) is 5.41. The molecule has 0 amide bonds. The Labute approximate surface area is 94.4 Å². The zero-order chi connectivity index (χ0) is 11.5. The van der Waals surface area contributed by atoms with E-state index in [9.17, 15) is 5.11 Å². The molecule has 1 aromatic heterocycles. The molecule has 0 spiro atoms. The van der Waals surface area contributed by atoms with Gasteiger partial charge in [0.15, 0.2) is 0 Å². The van der Waals surface area contributed by atoms with E-state index in [1.54, 1.807) is 6.07 Å². The number of amidine groups is 1. The number of nitrogens with one attached hydrogen (secondary N) is 1. The van der Waals surface area contributed by atoms with E-state index in [-0.39, 0.29) is 11.9 Å². The molecule has 1 unspecified atom stereocenters. The number of β-amino-alcohol motifs (C(OH)–C–C–N with tert-alkyl or cyclic N) is 1. The van der Waals surface area contributed by atoms with Crippen molar-refractivity contribution in [1.29, 1.82) is 5.41 Å². The molecule has 1 atom stereocenters. The quantitative estimate of drug-likeness (QED) is 0.495. The molecule has 5 heteroatoms. The average molecular weight is 220 g/mol. The van der Waals surface area contributed by atoms with Crippen LogP contribution in [-0.2, 0) is 0 Å². The standard InChI is InChI=1S/C11H16N4O/c12-11(13)9-4-1-5-10(14-9)15-6-2-3-8(16)7-15/h1,4-5,8,16H,2-3,6-7H2,(H3,12,13). The van der Waals surface area contributed by atoms with Gasteiger partial charge in [0.2, 0.25) is 0 Å². The van der Waals surface area contributed by atoms with Crippen molar-refractivity contribution >= 4 is 11.7 Å². The number of anilines is 1. The van der Waals surface area contributed by atoms with Crippen molar-refractivity contribution in [3.8, 4) is 0 Å². The summed E-state index contributed by atoms with van der Waals surface area (Å²) in [6, 6.07) is 5.43. The van der Waals surface area contributed by atoms with Gasteiger partial charge in [-0.2, -0.15) is 0 Å². The summed E-state index contributed by atoms with van der Waals surface area (Å²) < 4.78 is 0. The van der Waals surface area contributed by atoms with E-state index in [1.165, 1.54) is 0 Å². The lowest BCUT2D eigenvalue weighted by molar-refractivity contribution is 0.154. The van der Waals surface area contributed by atoms with Crippen LogP contribution in [0.15, 0.2) is 18.2 Å². The number of nitrogens with two attached hydrogens (primary N) is 1. The van der Waals surface area contributed by atoms with E-state index in [0.717, 1.165) is 25.2 Å². The van der Waals surface area contributed by atoms with E-state index in [2.05, 4.69) is 4.98 Å². The summed E-state index contributed by atoms with van der Waals surface area (Å²) in [5, 5.41) is 16.9. The van der Waals surface area contributed by atoms with E-state index in [0.29, 0.717) is 12.2 Å². The number of hydrogen-bond donors (Lipinski definition) is 3. The van der Waals surface area contributed by atoms with Gasteiger partial charge < -0.3 is 15.7 Å². The molecule has 0 saturated carbocycles. The number of nitrogen functional groups attached to an aromatic ring is 1. The highest BCUT2D eigenvalue weighted by atomic mass is 16.3. The monoisotopic (exact) mass is 220 g/mol. The smallest absolute Gasteiger partial charge is 0.141 e. The molecule has 1 aromatic rings. The van der Waals surface area contributed by atoms with Gasteiger partial charge in [0.05, 0.1) is 6.10 Å². The summed E-state index contributed by atoms with van der Waals surface area (Å²) in [6.45, 7) is 1.50. The molecule has 1 aliphatic heterocycles. The topological polar surface area (TPSA) is 86.2 Å². The van der Waals surface area contributed by atoms with Crippen molar-refractivity contribution in [2.45, 2.75) is 18.9 Å². The Kier molecular flexibility index (Phi) is 3.05. The van der Waals surface area contributed by atoms with Crippen LogP contribution >= 0.6 is 0 Å². The summed E-state index contributed by atoms with van der Waals surface area (Å²) in [4.78, 5) is 6.32. The zero-order valence-corrected chi connectivity index (χ0v) is 9.06. The molecular weight excluding hydrogens is 204 g/mol. The second-order valence-corrected chi connectivity index (χ2v) is 4.04. The minimum absolute atomic E-state index is 0.0283. The SMILES string of the molecule is N=C(N)c1cccc(N2CCCC(O)C2)n1. The number of aliphatic hydroxyl groups is 1. The Morgan fingerprint density at radius 1 is 1.56 bits per heavy atom. The second kappa shape index (κ2) is 4.49. The molecule has 2 rings (SSSR count). The molecule has 2 heterocycles. The highest BCUT2D eigenvalue weighted by molar-refractivity contribution is 5.93. The molecule has 1 fully saturated rings. The summed E-state index contributed by atoms with van der Waals surface area (Å²) in [6.07, 6.45) is 1.53. The number of nitrogens with zero attached hydrogens (tertiary/aromatic N) is 2. The van der Waals surface area contributed by atoms with Gasteiger partial charge in [-0.3, -0.25) is 5.41 Å². The Hall–Kier alpha value is -1.62. The lowest BCUT2D eigenvalue weighted by Gasteiger charge is -2.31. The van der Waals surface area contributed by atoms with E-state index < -0.39 is 0 Å². The van der Waals surface area contributed by atoms with Crippen LogP contribution in [0.4, 0.5) is 5.82 Å². The van der Waals surface area contributed by atoms with Crippen molar-refractivity contribution in [1.82, 2.24) is 4.98 Å². The zero-order valence-electron chi connectivity index (χ0n) is 9.06. The van der Waals surface area contributed by atoms with Crippen molar-refractivity contribution in [3.05, 3.63) is 23.9 Å². The third-order valence-electron chi connectivity index (χ3n) is 2.73. The molecule has 5 nitrogen and oxygen atoms in total. The minimum atomic E-state index is -0.281. The molecule has 0 radical (unpaired) electrons. The van der Waals surface area contributed by atoms with Gasteiger partial charge in [0.25, 0.3) is 0 Å². The summed E-state index contributed by atoms with van der Waals surface area (Å²) in [5.41, 5.74) is 5.88. The van der Waals surface area contributed by atoms with E-state index in [4.69, 9.17) is 11.1 Å². The Balaban J connectivity index is 2.19. The first-order chi connectivity index (χ1) is 7.66. The molecule has 16 heavy (non-hydrogen) atoms. The summed E-state index contributed by atoms with van der Waals surface area (Å²) in [7, 11) is 0. The normalized spacial score (nSPS) is 20.8. The van der Waals surface area contributed by atoms with Crippen LogP contribution in [0, 0.1) is 5.41 Å². The van der Waals surface area contributed by atoms with Crippen molar-refractivity contribution in [2.75, 3.05) is 18.0 Å². The van der Waals surface area contributed by atoms with Crippen LogP contribution < -0.4 is 10.6 Å². The predicted octanol–water partition coefficient (Wildman–Crippen LogP) is 0.327. The second-order valence-electron chi connectivity index (χ2n) is 4.04. The number of rotatable bonds is 2. The van der Waals surface area contributed by atoms with Crippen LogP contribution in [0.25, 0.3) is 0 Å². The molecule has 0 bridgehead atoms.